The number of hydrogen-bond acceptors (Lipinski definition) is 0. The highest BCUT2D eigenvalue weighted by Gasteiger charge is 2.57. The molecule has 0 aromatic rings. The molecule has 0 unspecified atom stereocenters. The van der Waals surface area contributed by atoms with E-state index in [2.05, 4.69) is 39.0 Å². The lowest BCUT2D eigenvalue weighted by Gasteiger charge is -2.57. The number of hydrogen-bond donors (Lipinski definition) is 0. The van der Waals surface area contributed by atoms with E-state index >= 15 is 0 Å². The fourth-order valence-electron chi connectivity index (χ4n) is 7.37. The molecule has 0 spiro atoms. The number of rotatable bonds is 3. The van der Waals surface area contributed by atoms with Gasteiger partial charge >= 0.3 is 0 Å². The van der Waals surface area contributed by atoms with Gasteiger partial charge in [0.25, 0.3) is 0 Å². The van der Waals surface area contributed by atoms with Crippen LogP contribution < -0.4 is 0 Å². The van der Waals surface area contributed by atoms with Gasteiger partial charge in [-0.1, -0.05) is 57.4 Å². The Bertz CT molecular complexity index is 512. The molecule has 0 radical (unpaired) electrons. The van der Waals surface area contributed by atoms with Gasteiger partial charge < -0.3 is 0 Å². The molecular weight excluding hydrogens is 276 g/mol. The van der Waals surface area contributed by atoms with E-state index in [0.717, 1.165) is 23.7 Å². The van der Waals surface area contributed by atoms with Gasteiger partial charge in [0.2, 0.25) is 0 Å². The molecule has 0 saturated heterocycles. The van der Waals surface area contributed by atoms with Gasteiger partial charge in [-0.05, 0) is 80.5 Å². The van der Waals surface area contributed by atoms with Crippen LogP contribution >= 0.6 is 0 Å². The summed E-state index contributed by atoms with van der Waals surface area (Å²) in [6, 6.07) is 0. The summed E-state index contributed by atoms with van der Waals surface area (Å²) >= 11 is 0. The SMILES string of the molecule is CCCC[C@H]1CC[C@H]2[C@@H]3CCC4=CCC=C[C@]4(C)[C@H]3CC[C@]12C. The lowest BCUT2D eigenvalue weighted by Crippen LogP contribution is -2.49. The molecule has 0 aromatic heterocycles. The molecule has 6 atom stereocenters. The van der Waals surface area contributed by atoms with Crippen LogP contribution in [0, 0.1) is 34.5 Å². The zero-order valence-corrected chi connectivity index (χ0v) is 15.6. The summed E-state index contributed by atoms with van der Waals surface area (Å²) in [5.41, 5.74) is 2.86. The molecule has 0 amide bonds. The standard InChI is InChI=1S/C23H36/c1-4-5-8-17-11-13-20-19-12-10-18-9-6-7-15-22(18,2)21(19)14-16-23(17,20)3/h7,9,15,17,19-21H,4-6,8,10-14,16H2,1-3H3/t17-,19-,20-,21-,22-,23+/m0/s1. The van der Waals surface area contributed by atoms with Crippen molar-refractivity contribution in [1.29, 1.82) is 0 Å². The number of allylic oxidation sites excluding steroid dienone is 4. The molecule has 23 heavy (non-hydrogen) atoms. The molecule has 4 rings (SSSR count). The van der Waals surface area contributed by atoms with Crippen molar-refractivity contribution in [3.05, 3.63) is 23.8 Å². The lowest BCUT2D eigenvalue weighted by atomic mass is 9.47. The Morgan fingerprint density at radius 1 is 1.09 bits per heavy atom. The van der Waals surface area contributed by atoms with Crippen LogP contribution in [0.2, 0.25) is 0 Å². The smallest absolute Gasteiger partial charge is 0.00936 e. The van der Waals surface area contributed by atoms with Crippen molar-refractivity contribution >= 4 is 0 Å². The average molecular weight is 313 g/mol. The fraction of sp³-hybridized carbons (Fsp3) is 0.826. The highest BCUT2D eigenvalue weighted by molar-refractivity contribution is 5.31. The Hall–Kier alpha value is -0.520. The summed E-state index contributed by atoms with van der Waals surface area (Å²) in [5.74, 6) is 3.99. The van der Waals surface area contributed by atoms with Crippen LogP contribution in [0.3, 0.4) is 0 Å². The van der Waals surface area contributed by atoms with E-state index < -0.39 is 0 Å². The van der Waals surface area contributed by atoms with Gasteiger partial charge in [0, 0.05) is 5.41 Å². The summed E-state index contributed by atoms with van der Waals surface area (Å²) < 4.78 is 0. The molecule has 3 saturated carbocycles. The van der Waals surface area contributed by atoms with Gasteiger partial charge in [0.1, 0.15) is 0 Å². The van der Waals surface area contributed by atoms with E-state index in [-0.39, 0.29) is 0 Å². The van der Waals surface area contributed by atoms with Gasteiger partial charge in [-0.25, -0.2) is 0 Å². The van der Waals surface area contributed by atoms with Crippen LogP contribution in [0.15, 0.2) is 23.8 Å². The largest absolute Gasteiger partial charge is 0.0839 e. The molecular formula is C23H36. The van der Waals surface area contributed by atoms with Crippen molar-refractivity contribution < 1.29 is 0 Å². The Morgan fingerprint density at radius 3 is 2.78 bits per heavy atom. The predicted molar refractivity (Wildman–Crippen MR) is 99.2 cm³/mol. The summed E-state index contributed by atoms with van der Waals surface area (Å²) in [5, 5.41) is 0. The second kappa shape index (κ2) is 5.78. The van der Waals surface area contributed by atoms with E-state index in [4.69, 9.17) is 0 Å². The number of unbranched alkanes of at least 4 members (excludes halogenated alkanes) is 1. The van der Waals surface area contributed by atoms with Crippen LogP contribution in [0.1, 0.15) is 85.0 Å². The quantitative estimate of drug-likeness (QED) is 0.496. The third-order valence-electron chi connectivity index (χ3n) is 8.71. The van der Waals surface area contributed by atoms with Crippen LogP contribution in [-0.2, 0) is 0 Å². The highest BCUT2D eigenvalue weighted by Crippen LogP contribution is 2.66. The molecule has 4 aliphatic rings. The molecule has 0 aromatic carbocycles. The van der Waals surface area contributed by atoms with Gasteiger partial charge in [-0.2, -0.15) is 0 Å². The first kappa shape index (κ1) is 16.0. The van der Waals surface area contributed by atoms with Crippen LogP contribution in [-0.4, -0.2) is 0 Å². The normalized spacial score (nSPS) is 48.4. The molecule has 0 aliphatic heterocycles. The van der Waals surface area contributed by atoms with E-state index in [0.29, 0.717) is 10.8 Å². The maximum Gasteiger partial charge on any atom is 0.00936 e. The van der Waals surface area contributed by atoms with Gasteiger partial charge in [-0.3, -0.25) is 0 Å². The molecule has 0 N–H and O–H groups in total. The first-order valence-electron chi connectivity index (χ1n) is 10.5. The minimum Gasteiger partial charge on any atom is -0.0839 e. The number of fused-ring (bicyclic) bond motifs is 5. The molecule has 3 fully saturated rings. The minimum atomic E-state index is 0.407. The molecule has 0 heterocycles. The predicted octanol–water partition coefficient (Wildman–Crippen LogP) is 6.92. The van der Waals surface area contributed by atoms with Crippen molar-refractivity contribution in [2.24, 2.45) is 34.5 Å². The van der Waals surface area contributed by atoms with E-state index in [9.17, 15) is 0 Å². The summed E-state index contributed by atoms with van der Waals surface area (Å²) in [6.07, 6.45) is 22.0. The van der Waals surface area contributed by atoms with E-state index in [1.54, 1.807) is 5.57 Å². The Kier molecular flexibility index (Phi) is 4.01. The van der Waals surface area contributed by atoms with Crippen molar-refractivity contribution in [1.82, 2.24) is 0 Å². The van der Waals surface area contributed by atoms with E-state index in [1.165, 1.54) is 64.2 Å². The van der Waals surface area contributed by atoms with Crippen LogP contribution in [0.4, 0.5) is 0 Å². The molecule has 0 heteroatoms. The van der Waals surface area contributed by atoms with Gasteiger partial charge in [-0.15, -0.1) is 0 Å². The van der Waals surface area contributed by atoms with E-state index in [1.807, 2.05) is 0 Å². The summed E-state index contributed by atoms with van der Waals surface area (Å²) in [4.78, 5) is 0. The first-order valence-corrected chi connectivity index (χ1v) is 10.5. The first-order chi connectivity index (χ1) is 11.1. The van der Waals surface area contributed by atoms with Crippen molar-refractivity contribution in [3.8, 4) is 0 Å². The molecule has 128 valence electrons. The average Bonchev–Trinajstić information content (AvgIpc) is 2.89. The molecule has 4 aliphatic carbocycles. The highest BCUT2D eigenvalue weighted by atomic mass is 14.6. The van der Waals surface area contributed by atoms with Gasteiger partial charge in [0.15, 0.2) is 0 Å². The Labute approximate surface area is 143 Å². The molecule has 0 bridgehead atoms. The van der Waals surface area contributed by atoms with Crippen molar-refractivity contribution in [3.63, 3.8) is 0 Å². The van der Waals surface area contributed by atoms with Crippen molar-refractivity contribution in [2.45, 2.75) is 85.0 Å². The second-order valence-corrected chi connectivity index (χ2v) is 9.53. The minimum absolute atomic E-state index is 0.407. The maximum absolute atomic E-state index is 2.69. The lowest BCUT2D eigenvalue weighted by molar-refractivity contribution is -0.0352. The molecule has 0 nitrogen and oxygen atoms in total. The maximum atomic E-state index is 2.69. The third-order valence-corrected chi connectivity index (χ3v) is 8.71. The van der Waals surface area contributed by atoms with Crippen LogP contribution in [0.25, 0.3) is 0 Å². The summed E-state index contributed by atoms with van der Waals surface area (Å²) in [7, 11) is 0. The zero-order chi connectivity index (χ0) is 16.1. The Balaban J connectivity index is 1.59. The van der Waals surface area contributed by atoms with Gasteiger partial charge in [0.05, 0.1) is 0 Å². The van der Waals surface area contributed by atoms with Crippen LogP contribution in [0.5, 0.6) is 0 Å². The monoisotopic (exact) mass is 312 g/mol. The zero-order valence-electron chi connectivity index (χ0n) is 15.6. The second-order valence-electron chi connectivity index (χ2n) is 9.53. The third kappa shape index (κ3) is 2.30. The topological polar surface area (TPSA) is 0 Å². The van der Waals surface area contributed by atoms with Crippen molar-refractivity contribution in [2.75, 3.05) is 0 Å². The fourth-order valence-corrected chi connectivity index (χ4v) is 7.37. The Morgan fingerprint density at radius 2 is 1.96 bits per heavy atom. The summed E-state index contributed by atoms with van der Waals surface area (Å²) in [6.45, 7) is 7.61.